The summed E-state index contributed by atoms with van der Waals surface area (Å²) < 4.78 is 1.34. The third-order valence-corrected chi connectivity index (χ3v) is 2.77. The minimum atomic E-state index is -0.967. The predicted molar refractivity (Wildman–Crippen MR) is 70.8 cm³/mol. The van der Waals surface area contributed by atoms with Gasteiger partial charge in [-0.05, 0) is 26.8 Å². The summed E-state index contributed by atoms with van der Waals surface area (Å²) in [4.78, 5) is 24.1. The molecule has 0 bridgehead atoms. The summed E-state index contributed by atoms with van der Waals surface area (Å²) in [6.07, 6.45) is 4.36. The Labute approximate surface area is 111 Å². The van der Waals surface area contributed by atoms with Gasteiger partial charge in [0, 0.05) is 20.3 Å². The average molecular weight is 266 g/mol. The number of aryl methyl sites for hydroxylation is 1. The van der Waals surface area contributed by atoms with Crippen LogP contribution in [0.15, 0.2) is 18.5 Å². The molecule has 0 aliphatic heterocycles. The van der Waals surface area contributed by atoms with Gasteiger partial charge in [0.2, 0.25) is 0 Å². The molecule has 1 rings (SSSR count). The van der Waals surface area contributed by atoms with Gasteiger partial charge in [-0.1, -0.05) is 0 Å². The van der Waals surface area contributed by atoms with Crippen molar-refractivity contribution in [3.05, 3.63) is 34.3 Å². The van der Waals surface area contributed by atoms with Crippen LogP contribution in [0.5, 0.6) is 0 Å². The first-order valence-electron chi connectivity index (χ1n) is 5.76. The lowest BCUT2D eigenvalue weighted by Crippen LogP contribution is -2.35. The van der Waals surface area contributed by atoms with Crippen LogP contribution in [0.4, 0.5) is 5.69 Å². The van der Waals surface area contributed by atoms with Crippen molar-refractivity contribution in [2.75, 3.05) is 14.1 Å². The van der Waals surface area contributed by atoms with Gasteiger partial charge < -0.3 is 4.90 Å². The smallest absolute Gasteiger partial charge is 0.309 e. The first-order valence-corrected chi connectivity index (χ1v) is 5.76. The fraction of sp³-hybridized carbons (Fsp3) is 0.500. The Kier molecular flexibility index (Phi) is 4.08. The van der Waals surface area contributed by atoms with Crippen LogP contribution in [0.3, 0.4) is 0 Å². The molecule has 19 heavy (non-hydrogen) atoms. The quantitative estimate of drug-likeness (QED) is 0.458. The minimum Gasteiger partial charge on any atom is -0.383 e. The van der Waals surface area contributed by atoms with Crippen molar-refractivity contribution in [3.63, 3.8) is 0 Å². The van der Waals surface area contributed by atoms with Crippen molar-refractivity contribution >= 4 is 11.5 Å². The number of rotatable bonds is 5. The van der Waals surface area contributed by atoms with Crippen molar-refractivity contribution in [2.24, 2.45) is 0 Å². The topological polar surface area (TPSA) is 81.3 Å². The maximum Gasteiger partial charge on any atom is 0.309 e. The van der Waals surface area contributed by atoms with Crippen LogP contribution in [0.1, 0.15) is 19.5 Å². The normalized spacial score (nSPS) is 11.8. The second-order valence-electron chi connectivity index (χ2n) is 5.00. The van der Waals surface area contributed by atoms with E-state index in [0.29, 0.717) is 5.69 Å². The molecule has 0 radical (unpaired) electrons. The maximum absolute atomic E-state index is 12.1. The molecule has 1 aromatic heterocycles. The molecule has 0 aliphatic rings. The highest BCUT2D eigenvalue weighted by Crippen LogP contribution is 2.23. The number of nitrogens with zero attached hydrogens (tertiary/aromatic N) is 4. The maximum atomic E-state index is 12.1. The number of carbonyl (C=O) groups is 1. The van der Waals surface area contributed by atoms with Gasteiger partial charge in [0.25, 0.3) is 0 Å². The third-order valence-electron chi connectivity index (χ3n) is 2.77. The van der Waals surface area contributed by atoms with Crippen LogP contribution < -0.4 is 0 Å². The largest absolute Gasteiger partial charge is 0.383 e. The van der Waals surface area contributed by atoms with Crippen molar-refractivity contribution in [3.8, 4) is 0 Å². The first-order chi connectivity index (χ1) is 8.66. The highest BCUT2D eigenvalue weighted by atomic mass is 16.6. The summed E-state index contributed by atoms with van der Waals surface area (Å²) in [5, 5.41) is 14.9. The second-order valence-corrected chi connectivity index (χ2v) is 5.00. The van der Waals surface area contributed by atoms with Gasteiger partial charge in [-0.2, -0.15) is 5.10 Å². The molecule has 104 valence electrons. The molecule has 7 nitrogen and oxygen atoms in total. The van der Waals surface area contributed by atoms with E-state index in [1.54, 1.807) is 46.0 Å². The molecule has 0 atom stereocenters. The highest BCUT2D eigenvalue weighted by molar-refractivity contribution is 5.95. The van der Waals surface area contributed by atoms with E-state index in [0.717, 1.165) is 0 Å². The van der Waals surface area contributed by atoms with Crippen LogP contribution in [0.25, 0.3) is 0 Å². The van der Waals surface area contributed by atoms with Gasteiger partial charge in [-0.3, -0.25) is 19.6 Å². The summed E-state index contributed by atoms with van der Waals surface area (Å²) in [6.45, 7) is 4.89. The van der Waals surface area contributed by atoms with Crippen LogP contribution in [0, 0.1) is 17.0 Å². The first kappa shape index (κ1) is 14.9. The molecule has 0 fully saturated rings. The van der Waals surface area contributed by atoms with E-state index >= 15 is 0 Å². The summed E-state index contributed by atoms with van der Waals surface area (Å²) in [6, 6.07) is 0. The van der Waals surface area contributed by atoms with Crippen LogP contribution in [0.2, 0.25) is 0 Å². The molecule has 0 aromatic carbocycles. The Hall–Kier alpha value is -2.18. The number of allylic oxidation sites excluding steroid dienone is 1. The van der Waals surface area contributed by atoms with Gasteiger partial charge in [-0.25, -0.2) is 0 Å². The van der Waals surface area contributed by atoms with E-state index in [1.807, 2.05) is 0 Å². The zero-order chi connectivity index (χ0) is 14.8. The molecule has 0 amide bonds. The van der Waals surface area contributed by atoms with Crippen LogP contribution >= 0.6 is 0 Å². The Morgan fingerprint density at radius 1 is 1.53 bits per heavy atom. The summed E-state index contributed by atoms with van der Waals surface area (Å²) in [5.41, 5.74) is -0.758. The van der Waals surface area contributed by atoms with E-state index in [4.69, 9.17) is 0 Å². The van der Waals surface area contributed by atoms with E-state index in [1.165, 1.54) is 17.0 Å². The third kappa shape index (κ3) is 3.18. The number of carbonyl (C=O) groups excluding carboxylic acids is 1. The van der Waals surface area contributed by atoms with E-state index in [-0.39, 0.29) is 11.5 Å². The molecule has 0 unspecified atom stereocenters. The van der Waals surface area contributed by atoms with Gasteiger partial charge in [-0.15, -0.1) is 0 Å². The number of hydrogen-bond donors (Lipinski definition) is 0. The van der Waals surface area contributed by atoms with E-state index in [9.17, 15) is 14.9 Å². The molecule has 1 aromatic rings. The van der Waals surface area contributed by atoms with Crippen LogP contribution in [-0.4, -0.2) is 39.5 Å². The molecular formula is C12H18N4O3. The molecule has 0 saturated carbocycles. The Morgan fingerprint density at radius 3 is 2.53 bits per heavy atom. The number of nitro groups is 1. The standard InChI is InChI=1S/C12H18N4O3/c1-9-10(16(18)19)8-15(13-9)12(2,3)11(17)6-7-14(4)5/h6-8H,1-5H3/b7-6+. The second kappa shape index (κ2) is 5.21. The van der Waals surface area contributed by atoms with Gasteiger partial charge in [0.1, 0.15) is 17.4 Å². The zero-order valence-electron chi connectivity index (χ0n) is 11.7. The number of hydrogen-bond acceptors (Lipinski definition) is 5. The molecule has 0 saturated heterocycles. The molecule has 0 N–H and O–H groups in total. The lowest BCUT2D eigenvalue weighted by Gasteiger charge is -2.21. The van der Waals surface area contributed by atoms with E-state index < -0.39 is 10.5 Å². The summed E-state index contributed by atoms with van der Waals surface area (Å²) in [5.74, 6) is -0.182. The Morgan fingerprint density at radius 2 is 2.11 bits per heavy atom. The van der Waals surface area contributed by atoms with Crippen LogP contribution in [-0.2, 0) is 10.3 Å². The molecule has 0 spiro atoms. The van der Waals surface area contributed by atoms with Crippen molar-refractivity contribution in [1.82, 2.24) is 14.7 Å². The average Bonchev–Trinajstić information content (AvgIpc) is 2.68. The lowest BCUT2D eigenvalue weighted by atomic mass is 9.99. The van der Waals surface area contributed by atoms with Crippen molar-refractivity contribution in [1.29, 1.82) is 0 Å². The monoisotopic (exact) mass is 266 g/mol. The fourth-order valence-electron chi connectivity index (χ4n) is 1.45. The highest BCUT2D eigenvalue weighted by Gasteiger charge is 2.31. The molecule has 1 heterocycles. The SMILES string of the molecule is Cc1nn(C(C)(C)C(=O)/C=C/N(C)C)cc1[N+](=O)[O-]. The number of ketones is 1. The Bertz CT molecular complexity index is 529. The molecule has 0 aliphatic carbocycles. The van der Waals surface area contributed by atoms with Gasteiger partial charge >= 0.3 is 5.69 Å². The predicted octanol–water partition coefficient (Wildman–Crippen LogP) is 1.48. The van der Waals surface area contributed by atoms with Crippen molar-refractivity contribution in [2.45, 2.75) is 26.3 Å². The lowest BCUT2D eigenvalue weighted by molar-refractivity contribution is -0.385. The summed E-state index contributed by atoms with van der Waals surface area (Å²) in [7, 11) is 3.61. The molecule has 7 heteroatoms. The molecular weight excluding hydrogens is 248 g/mol. The minimum absolute atomic E-state index is 0.0857. The van der Waals surface area contributed by atoms with E-state index in [2.05, 4.69) is 5.10 Å². The fourth-order valence-corrected chi connectivity index (χ4v) is 1.45. The van der Waals surface area contributed by atoms with Crippen molar-refractivity contribution < 1.29 is 9.72 Å². The Balaban J connectivity index is 3.09. The zero-order valence-corrected chi connectivity index (χ0v) is 11.7. The number of aromatic nitrogens is 2. The summed E-state index contributed by atoms with van der Waals surface area (Å²) >= 11 is 0. The van der Waals surface area contributed by atoms with Gasteiger partial charge in [0.15, 0.2) is 5.78 Å². The van der Waals surface area contributed by atoms with Gasteiger partial charge in [0.05, 0.1) is 4.92 Å².